The van der Waals surface area contributed by atoms with Gasteiger partial charge in [-0.25, -0.2) is 0 Å². The summed E-state index contributed by atoms with van der Waals surface area (Å²) in [5.74, 6) is 0. The molecule has 1 aromatic heterocycles. The third-order valence-electron chi connectivity index (χ3n) is 3.83. The molecular weight excluding hydrogens is 217 g/mol. The van der Waals surface area contributed by atoms with Gasteiger partial charge in [0.05, 0.1) is 18.4 Å². The normalized spacial score (nSPS) is 19.2. The van der Waals surface area contributed by atoms with E-state index in [2.05, 4.69) is 34.7 Å². The Morgan fingerprint density at radius 2 is 2.18 bits per heavy atom. The number of likely N-dealkylation sites (tertiary alicyclic amines) is 1. The van der Waals surface area contributed by atoms with Crippen molar-refractivity contribution in [3.05, 3.63) is 18.0 Å². The van der Waals surface area contributed by atoms with E-state index in [1.165, 1.54) is 5.56 Å². The fraction of sp³-hybridized carbons (Fsp3) is 0.769. The molecule has 0 N–H and O–H groups in total. The van der Waals surface area contributed by atoms with Gasteiger partial charge >= 0.3 is 0 Å². The number of alkyl halides is 1. The summed E-state index contributed by atoms with van der Waals surface area (Å²) in [5, 5.41) is 4.48. The van der Waals surface area contributed by atoms with E-state index in [-0.39, 0.29) is 12.2 Å². The highest BCUT2D eigenvalue weighted by atomic mass is 19.1. The lowest BCUT2D eigenvalue weighted by molar-refractivity contribution is -0.00272. The van der Waals surface area contributed by atoms with Gasteiger partial charge in [0.15, 0.2) is 0 Å². The van der Waals surface area contributed by atoms with E-state index in [9.17, 15) is 4.39 Å². The fourth-order valence-corrected chi connectivity index (χ4v) is 2.56. The second kappa shape index (κ2) is 5.17. The van der Waals surface area contributed by atoms with Crippen LogP contribution in [0.2, 0.25) is 0 Å². The Kier molecular flexibility index (Phi) is 3.82. The van der Waals surface area contributed by atoms with Gasteiger partial charge in [0.2, 0.25) is 0 Å². The molecule has 4 heteroatoms. The first-order valence-electron chi connectivity index (χ1n) is 6.56. The van der Waals surface area contributed by atoms with Gasteiger partial charge in [-0.3, -0.25) is 14.0 Å². The van der Waals surface area contributed by atoms with Crippen LogP contribution >= 0.6 is 0 Å². The maximum Gasteiger partial charge on any atom is 0.0906 e. The highest BCUT2D eigenvalue weighted by Crippen LogP contribution is 2.32. The van der Waals surface area contributed by atoms with Crippen molar-refractivity contribution in [3.63, 3.8) is 0 Å². The van der Waals surface area contributed by atoms with Crippen LogP contribution in [-0.2, 0) is 12.0 Å². The molecule has 17 heavy (non-hydrogen) atoms. The molecule has 0 radical (unpaired) electrons. The van der Waals surface area contributed by atoms with E-state index in [0.29, 0.717) is 6.42 Å². The third kappa shape index (κ3) is 2.37. The number of hydrogen-bond acceptors (Lipinski definition) is 2. The average Bonchev–Trinajstić information content (AvgIpc) is 2.77. The standard InChI is InChI=1S/C13H22FN3/c1-3-12-8-15-17(9-12)13(4-2)10-16(11-13)7-5-6-14/h8-9H,3-7,10-11H2,1-2H3. The Balaban J connectivity index is 1.98. The van der Waals surface area contributed by atoms with Crippen LogP contribution < -0.4 is 0 Å². The van der Waals surface area contributed by atoms with Crippen molar-refractivity contribution in [3.8, 4) is 0 Å². The molecule has 0 unspecified atom stereocenters. The first kappa shape index (κ1) is 12.6. The number of rotatable bonds is 6. The lowest BCUT2D eigenvalue weighted by Crippen LogP contribution is -2.62. The van der Waals surface area contributed by atoms with Crippen molar-refractivity contribution < 1.29 is 4.39 Å². The van der Waals surface area contributed by atoms with Crippen molar-refractivity contribution in [2.24, 2.45) is 0 Å². The van der Waals surface area contributed by atoms with Crippen LogP contribution in [0.4, 0.5) is 4.39 Å². The summed E-state index contributed by atoms with van der Waals surface area (Å²) >= 11 is 0. The smallest absolute Gasteiger partial charge is 0.0906 e. The molecule has 0 bridgehead atoms. The van der Waals surface area contributed by atoms with Gasteiger partial charge in [0, 0.05) is 25.8 Å². The highest BCUT2D eigenvalue weighted by molar-refractivity contribution is 5.08. The monoisotopic (exact) mass is 239 g/mol. The quantitative estimate of drug-likeness (QED) is 0.759. The Morgan fingerprint density at radius 3 is 2.71 bits per heavy atom. The van der Waals surface area contributed by atoms with Crippen molar-refractivity contribution in [2.75, 3.05) is 26.3 Å². The Morgan fingerprint density at radius 1 is 1.41 bits per heavy atom. The van der Waals surface area contributed by atoms with E-state index in [1.807, 2.05) is 6.20 Å². The lowest BCUT2D eigenvalue weighted by atomic mass is 9.87. The zero-order valence-electron chi connectivity index (χ0n) is 10.8. The molecule has 3 nitrogen and oxygen atoms in total. The van der Waals surface area contributed by atoms with Gasteiger partial charge in [0.1, 0.15) is 0 Å². The van der Waals surface area contributed by atoms with Gasteiger partial charge in [-0.15, -0.1) is 0 Å². The van der Waals surface area contributed by atoms with Crippen molar-refractivity contribution in [2.45, 2.75) is 38.6 Å². The number of nitrogens with zero attached hydrogens (tertiary/aromatic N) is 3. The first-order valence-corrected chi connectivity index (χ1v) is 6.56. The van der Waals surface area contributed by atoms with Crippen LogP contribution in [0.5, 0.6) is 0 Å². The summed E-state index contributed by atoms with van der Waals surface area (Å²) in [7, 11) is 0. The van der Waals surface area contributed by atoms with Crippen LogP contribution in [0.25, 0.3) is 0 Å². The topological polar surface area (TPSA) is 21.1 Å². The molecule has 0 aromatic carbocycles. The zero-order valence-corrected chi connectivity index (χ0v) is 10.8. The first-order chi connectivity index (χ1) is 8.24. The van der Waals surface area contributed by atoms with Crippen molar-refractivity contribution in [1.29, 1.82) is 0 Å². The Hall–Kier alpha value is -0.900. The molecule has 1 aromatic rings. The van der Waals surface area contributed by atoms with Gasteiger partial charge < -0.3 is 0 Å². The summed E-state index contributed by atoms with van der Waals surface area (Å²) in [4.78, 5) is 2.32. The van der Waals surface area contributed by atoms with Gasteiger partial charge in [-0.2, -0.15) is 5.10 Å². The molecule has 1 aliphatic heterocycles. The van der Waals surface area contributed by atoms with Crippen molar-refractivity contribution >= 4 is 0 Å². The molecule has 96 valence electrons. The summed E-state index contributed by atoms with van der Waals surface area (Å²) < 4.78 is 14.2. The fourth-order valence-electron chi connectivity index (χ4n) is 2.56. The van der Waals surface area contributed by atoms with Crippen LogP contribution in [0.15, 0.2) is 12.4 Å². The molecule has 1 fully saturated rings. The van der Waals surface area contributed by atoms with E-state index in [1.54, 1.807) is 0 Å². The predicted octanol–water partition coefficient (Wildman–Crippen LogP) is 2.23. The molecule has 2 rings (SSSR count). The molecule has 0 spiro atoms. The van der Waals surface area contributed by atoms with Crippen LogP contribution in [-0.4, -0.2) is 41.0 Å². The summed E-state index contributed by atoms with van der Waals surface area (Å²) in [6.07, 6.45) is 6.89. The number of aryl methyl sites for hydroxylation is 1. The van der Waals surface area contributed by atoms with Crippen LogP contribution in [0, 0.1) is 0 Å². The van der Waals surface area contributed by atoms with E-state index in [0.717, 1.165) is 32.5 Å². The minimum absolute atomic E-state index is 0.156. The molecule has 0 saturated carbocycles. The summed E-state index contributed by atoms with van der Waals surface area (Å²) in [6, 6.07) is 0. The molecule has 0 aliphatic carbocycles. The number of aromatic nitrogens is 2. The summed E-state index contributed by atoms with van der Waals surface area (Å²) in [5.41, 5.74) is 1.45. The van der Waals surface area contributed by atoms with E-state index in [4.69, 9.17) is 0 Å². The summed E-state index contributed by atoms with van der Waals surface area (Å²) in [6.45, 7) is 7.04. The Labute approximate surface area is 103 Å². The molecule has 2 heterocycles. The lowest BCUT2D eigenvalue weighted by Gasteiger charge is -2.50. The highest BCUT2D eigenvalue weighted by Gasteiger charge is 2.43. The maximum absolute atomic E-state index is 12.1. The number of hydrogen-bond donors (Lipinski definition) is 0. The van der Waals surface area contributed by atoms with Gasteiger partial charge in [-0.05, 0) is 24.8 Å². The Bertz CT molecular complexity index is 355. The molecule has 0 amide bonds. The molecule has 0 atom stereocenters. The second-order valence-corrected chi connectivity index (χ2v) is 4.98. The largest absolute Gasteiger partial charge is 0.298 e. The predicted molar refractivity (Wildman–Crippen MR) is 66.9 cm³/mol. The number of halogens is 1. The molecular formula is C13H22FN3. The van der Waals surface area contributed by atoms with E-state index < -0.39 is 0 Å². The zero-order chi connectivity index (χ0) is 12.3. The molecule has 1 aliphatic rings. The van der Waals surface area contributed by atoms with Crippen molar-refractivity contribution in [1.82, 2.24) is 14.7 Å². The average molecular weight is 239 g/mol. The van der Waals surface area contributed by atoms with Crippen LogP contribution in [0.1, 0.15) is 32.3 Å². The van der Waals surface area contributed by atoms with E-state index >= 15 is 0 Å². The second-order valence-electron chi connectivity index (χ2n) is 4.98. The molecule has 1 saturated heterocycles. The minimum Gasteiger partial charge on any atom is -0.298 e. The third-order valence-corrected chi connectivity index (χ3v) is 3.83. The minimum atomic E-state index is -0.211. The van der Waals surface area contributed by atoms with Crippen LogP contribution in [0.3, 0.4) is 0 Å². The maximum atomic E-state index is 12.1. The van der Waals surface area contributed by atoms with Gasteiger partial charge in [0.25, 0.3) is 0 Å². The SMILES string of the molecule is CCc1cnn(C2(CC)CN(CCCF)C2)c1. The van der Waals surface area contributed by atoms with Gasteiger partial charge in [-0.1, -0.05) is 13.8 Å².